The number of aliphatic carboxylic acids is 1. The Balaban J connectivity index is 2.13. The van der Waals surface area contributed by atoms with Crippen LogP contribution in [-0.2, 0) is 17.4 Å². The van der Waals surface area contributed by atoms with Gasteiger partial charge in [-0.25, -0.2) is 0 Å². The molecule has 0 aromatic heterocycles. The van der Waals surface area contributed by atoms with Crippen molar-refractivity contribution in [2.24, 2.45) is 0 Å². The van der Waals surface area contributed by atoms with Gasteiger partial charge in [-0.2, -0.15) is 13.2 Å². The Morgan fingerprint density at radius 2 is 1.91 bits per heavy atom. The van der Waals surface area contributed by atoms with Crippen molar-refractivity contribution in [2.75, 3.05) is 33.2 Å². The summed E-state index contributed by atoms with van der Waals surface area (Å²) >= 11 is 0. The number of hydrogen-bond acceptors (Lipinski definition) is 3. The van der Waals surface area contributed by atoms with Crippen molar-refractivity contribution >= 4 is 5.97 Å². The predicted molar refractivity (Wildman–Crippen MR) is 75.6 cm³/mol. The van der Waals surface area contributed by atoms with Crippen molar-refractivity contribution in [3.8, 4) is 0 Å². The largest absolute Gasteiger partial charge is 0.480 e. The minimum absolute atomic E-state index is 0.0724. The number of hydrogen-bond donors (Lipinski definition) is 1. The van der Waals surface area contributed by atoms with Crippen LogP contribution in [0.1, 0.15) is 11.1 Å². The van der Waals surface area contributed by atoms with Crippen LogP contribution in [0.25, 0.3) is 0 Å². The monoisotopic (exact) mass is 316 g/mol. The van der Waals surface area contributed by atoms with E-state index in [4.69, 9.17) is 0 Å². The molecule has 1 saturated heterocycles. The molecule has 122 valence electrons. The lowest BCUT2D eigenvalue weighted by atomic mass is 10.0. The van der Waals surface area contributed by atoms with E-state index >= 15 is 0 Å². The van der Waals surface area contributed by atoms with E-state index in [0.29, 0.717) is 18.7 Å². The van der Waals surface area contributed by atoms with Crippen LogP contribution in [0.3, 0.4) is 0 Å². The van der Waals surface area contributed by atoms with E-state index in [9.17, 15) is 23.1 Å². The van der Waals surface area contributed by atoms with Crippen LogP contribution < -0.4 is 0 Å². The number of benzene rings is 1. The molecule has 1 aromatic rings. The number of piperazine rings is 1. The highest BCUT2D eigenvalue weighted by Gasteiger charge is 2.32. The average molecular weight is 316 g/mol. The number of carboxylic acid groups (broad SMARTS) is 1. The standard InChI is InChI=1S/C15H19F3N2O2/c1-19-5-7-20(8-6-19)13(14(21)22)10-11-3-2-4-12(9-11)15(16,17)18/h2-4,9,13H,5-8,10H2,1H3,(H,21,22)/t13-/m1/s1. The Morgan fingerprint density at radius 1 is 1.27 bits per heavy atom. The van der Waals surface area contributed by atoms with E-state index in [1.807, 2.05) is 11.9 Å². The SMILES string of the molecule is CN1CCN([C@H](Cc2cccc(C(F)(F)F)c2)C(=O)O)CC1. The normalized spacial score (nSPS) is 19.1. The second-order valence-corrected chi connectivity index (χ2v) is 5.60. The number of halogens is 3. The van der Waals surface area contributed by atoms with E-state index in [1.54, 1.807) is 6.07 Å². The first kappa shape index (κ1) is 16.8. The molecular weight excluding hydrogens is 297 g/mol. The van der Waals surface area contributed by atoms with Gasteiger partial charge in [0.25, 0.3) is 0 Å². The third-order valence-electron chi connectivity index (χ3n) is 3.95. The Labute approximate surface area is 127 Å². The molecule has 1 heterocycles. The lowest BCUT2D eigenvalue weighted by molar-refractivity contribution is -0.144. The fraction of sp³-hybridized carbons (Fsp3) is 0.533. The number of likely N-dealkylation sites (N-methyl/N-ethyl adjacent to an activating group) is 1. The summed E-state index contributed by atoms with van der Waals surface area (Å²) in [5, 5.41) is 9.40. The van der Waals surface area contributed by atoms with Crippen LogP contribution in [0.5, 0.6) is 0 Å². The molecule has 1 aromatic carbocycles. The molecule has 1 aliphatic rings. The van der Waals surface area contributed by atoms with E-state index in [2.05, 4.69) is 4.90 Å². The molecule has 0 bridgehead atoms. The topological polar surface area (TPSA) is 43.8 Å². The van der Waals surface area contributed by atoms with Gasteiger partial charge in [0, 0.05) is 26.2 Å². The Bertz CT molecular complexity index is 526. The van der Waals surface area contributed by atoms with Crippen LogP contribution >= 0.6 is 0 Å². The minimum Gasteiger partial charge on any atom is -0.480 e. The van der Waals surface area contributed by atoms with Crippen molar-refractivity contribution in [3.63, 3.8) is 0 Å². The minimum atomic E-state index is -4.41. The van der Waals surface area contributed by atoms with Crippen molar-refractivity contribution < 1.29 is 23.1 Å². The van der Waals surface area contributed by atoms with Gasteiger partial charge in [0.1, 0.15) is 6.04 Å². The first-order valence-corrected chi connectivity index (χ1v) is 7.09. The lowest BCUT2D eigenvalue weighted by Crippen LogP contribution is -2.52. The van der Waals surface area contributed by atoms with Gasteiger partial charge in [0.2, 0.25) is 0 Å². The van der Waals surface area contributed by atoms with Gasteiger partial charge in [0.05, 0.1) is 5.56 Å². The van der Waals surface area contributed by atoms with Crippen LogP contribution in [0.4, 0.5) is 13.2 Å². The number of nitrogens with zero attached hydrogens (tertiary/aromatic N) is 2. The van der Waals surface area contributed by atoms with Gasteiger partial charge in [-0.3, -0.25) is 9.69 Å². The van der Waals surface area contributed by atoms with E-state index in [-0.39, 0.29) is 6.42 Å². The zero-order chi connectivity index (χ0) is 16.3. The summed E-state index contributed by atoms with van der Waals surface area (Å²) < 4.78 is 38.2. The van der Waals surface area contributed by atoms with Crippen LogP contribution in [0.15, 0.2) is 24.3 Å². The van der Waals surface area contributed by atoms with Gasteiger partial charge in [-0.15, -0.1) is 0 Å². The van der Waals surface area contributed by atoms with Gasteiger partial charge >= 0.3 is 12.1 Å². The Kier molecular flexibility index (Phi) is 5.08. The van der Waals surface area contributed by atoms with Crippen molar-refractivity contribution in [1.82, 2.24) is 9.80 Å². The molecule has 0 saturated carbocycles. The summed E-state index contributed by atoms with van der Waals surface area (Å²) in [6.45, 7) is 2.72. The van der Waals surface area contributed by atoms with E-state index in [1.165, 1.54) is 6.07 Å². The molecule has 0 amide bonds. The quantitative estimate of drug-likeness (QED) is 0.922. The zero-order valence-corrected chi connectivity index (χ0v) is 12.3. The summed E-state index contributed by atoms with van der Waals surface area (Å²) in [5.74, 6) is -0.998. The molecule has 1 N–H and O–H groups in total. The van der Waals surface area contributed by atoms with Gasteiger partial charge in [0.15, 0.2) is 0 Å². The van der Waals surface area contributed by atoms with Gasteiger partial charge in [-0.05, 0) is 25.1 Å². The maximum Gasteiger partial charge on any atom is 0.416 e. The average Bonchev–Trinajstić information content (AvgIpc) is 2.45. The number of alkyl halides is 3. The molecule has 0 aliphatic carbocycles. The summed E-state index contributed by atoms with van der Waals surface area (Å²) in [6.07, 6.45) is -4.34. The number of carbonyl (C=O) groups is 1. The molecule has 0 unspecified atom stereocenters. The fourth-order valence-electron chi connectivity index (χ4n) is 2.60. The Morgan fingerprint density at radius 3 is 2.45 bits per heavy atom. The second kappa shape index (κ2) is 6.66. The van der Waals surface area contributed by atoms with Crippen LogP contribution in [-0.4, -0.2) is 60.1 Å². The van der Waals surface area contributed by atoms with Crippen molar-refractivity contribution in [1.29, 1.82) is 0 Å². The molecule has 1 aliphatic heterocycles. The Hall–Kier alpha value is -1.60. The summed E-state index contributed by atoms with van der Waals surface area (Å²) in [4.78, 5) is 15.4. The van der Waals surface area contributed by atoms with Crippen LogP contribution in [0.2, 0.25) is 0 Å². The molecule has 2 rings (SSSR count). The molecular formula is C15H19F3N2O2. The van der Waals surface area contributed by atoms with Crippen LogP contribution in [0, 0.1) is 0 Å². The molecule has 22 heavy (non-hydrogen) atoms. The maximum absolute atomic E-state index is 12.7. The zero-order valence-electron chi connectivity index (χ0n) is 12.3. The predicted octanol–water partition coefficient (Wildman–Crippen LogP) is 1.95. The van der Waals surface area contributed by atoms with E-state index < -0.39 is 23.8 Å². The molecule has 0 spiro atoms. The summed E-state index contributed by atoms with van der Waals surface area (Å²) in [5.41, 5.74) is -0.353. The molecule has 0 radical (unpaired) electrons. The van der Waals surface area contributed by atoms with Crippen molar-refractivity contribution in [3.05, 3.63) is 35.4 Å². The fourth-order valence-corrected chi connectivity index (χ4v) is 2.60. The molecule has 1 atom stereocenters. The second-order valence-electron chi connectivity index (χ2n) is 5.60. The highest BCUT2D eigenvalue weighted by atomic mass is 19.4. The smallest absolute Gasteiger partial charge is 0.416 e. The summed E-state index contributed by atoms with van der Waals surface area (Å²) in [6, 6.07) is 4.10. The molecule has 7 heteroatoms. The first-order chi connectivity index (χ1) is 10.3. The highest BCUT2D eigenvalue weighted by molar-refractivity contribution is 5.74. The number of rotatable bonds is 4. The highest BCUT2D eigenvalue weighted by Crippen LogP contribution is 2.30. The third kappa shape index (κ3) is 4.20. The first-order valence-electron chi connectivity index (χ1n) is 7.09. The summed E-state index contributed by atoms with van der Waals surface area (Å²) in [7, 11) is 1.96. The molecule has 1 fully saturated rings. The maximum atomic E-state index is 12.7. The van der Waals surface area contributed by atoms with Crippen molar-refractivity contribution in [2.45, 2.75) is 18.6 Å². The third-order valence-corrected chi connectivity index (χ3v) is 3.95. The van der Waals surface area contributed by atoms with E-state index in [0.717, 1.165) is 25.2 Å². The molecule has 4 nitrogen and oxygen atoms in total. The van der Waals surface area contributed by atoms with Gasteiger partial charge < -0.3 is 10.0 Å². The van der Waals surface area contributed by atoms with Gasteiger partial charge in [-0.1, -0.05) is 18.2 Å². The lowest BCUT2D eigenvalue weighted by Gasteiger charge is -2.36. The number of carboxylic acids is 1.